The molecule has 144 valence electrons. The lowest BCUT2D eigenvalue weighted by Gasteiger charge is -2.05. The minimum atomic E-state index is -0.206. The molecule has 0 saturated heterocycles. The number of fused-ring (bicyclic) bond motifs is 1. The molecule has 2 aromatic carbocycles. The number of para-hydroxylation sites is 1. The molecule has 0 saturated carbocycles. The van der Waals surface area contributed by atoms with Crippen LogP contribution in [-0.2, 0) is 0 Å². The van der Waals surface area contributed by atoms with Gasteiger partial charge in [0.05, 0.1) is 4.53 Å². The van der Waals surface area contributed by atoms with E-state index in [1.54, 1.807) is 18.2 Å². The first-order valence-corrected chi connectivity index (χ1v) is 10.0. The summed E-state index contributed by atoms with van der Waals surface area (Å²) in [6.45, 7) is 4.05. The van der Waals surface area contributed by atoms with Crippen LogP contribution in [0.4, 0.5) is 0 Å². The smallest absolute Gasteiger partial charge is 0.291 e. The molecule has 0 spiro atoms. The van der Waals surface area contributed by atoms with Gasteiger partial charge in [0, 0.05) is 10.6 Å². The standard InChI is InChI=1S/C22H16ClN3O2S/c1-2-13-28-18-6-4-3-5-16(18)14-19-21(27)26-22(29-19)24-20(25-26)12-9-15-7-10-17(23)11-8-15/h2-12,14H,1,13H2/b12-9+,19-14-. The number of halogens is 1. The third kappa shape index (κ3) is 4.29. The first kappa shape index (κ1) is 19.1. The molecule has 4 rings (SSSR count). The van der Waals surface area contributed by atoms with E-state index in [2.05, 4.69) is 16.7 Å². The molecule has 0 aliphatic heterocycles. The van der Waals surface area contributed by atoms with Crippen molar-refractivity contribution in [1.82, 2.24) is 14.6 Å². The highest BCUT2D eigenvalue weighted by Crippen LogP contribution is 2.19. The minimum absolute atomic E-state index is 0.206. The van der Waals surface area contributed by atoms with Crippen LogP contribution in [-0.4, -0.2) is 21.2 Å². The van der Waals surface area contributed by atoms with Gasteiger partial charge in [-0.2, -0.15) is 9.50 Å². The molecular weight excluding hydrogens is 406 g/mol. The van der Waals surface area contributed by atoms with Gasteiger partial charge in [-0.3, -0.25) is 4.79 Å². The SMILES string of the molecule is C=CCOc1ccccc1/C=c1\sc2nc(/C=C/c3ccc(Cl)cc3)nn2c1=O. The molecular formula is C22H16ClN3O2S. The molecule has 0 atom stereocenters. The minimum Gasteiger partial charge on any atom is -0.489 e. The van der Waals surface area contributed by atoms with Crippen LogP contribution in [0.5, 0.6) is 5.75 Å². The van der Waals surface area contributed by atoms with Crippen LogP contribution in [0, 0.1) is 0 Å². The largest absolute Gasteiger partial charge is 0.489 e. The van der Waals surface area contributed by atoms with E-state index in [4.69, 9.17) is 16.3 Å². The van der Waals surface area contributed by atoms with E-state index in [0.29, 0.717) is 32.7 Å². The van der Waals surface area contributed by atoms with E-state index in [9.17, 15) is 4.79 Å². The number of benzene rings is 2. The molecule has 0 bridgehead atoms. The summed E-state index contributed by atoms with van der Waals surface area (Å²) in [7, 11) is 0. The predicted molar refractivity (Wildman–Crippen MR) is 118 cm³/mol. The Morgan fingerprint density at radius 3 is 2.69 bits per heavy atom. The fraction of sp³-hybridized carbons (Fsp3) is 0.0455. The van der Waals surface area contributed by atoms with E-state index < -0.39 is 0 Å². The monoisotopic (exact) mass is 421 g/mol. The summed E-state index contributed by atoms with van der Waals surface area (Å²) in [6.07, 6.45) is 7.12. The zero-order valence-corrected chi connectivity index (χ0v) is 16.9. The first-order valence-electron chi connectivity index (χ1n) is 8.82. The third-order valence-corrected chi connectivity index (χ3v) is 5.27. The van der Waals surface area contributed by atoms with Crippen molar-refractivity contribution in [3.05, 3.63) is 98.0 Å². The van der Waals surface area contributed by atoms with E-state index in [0.717, 1.165) is 11.1 Å². The molecule has 0 N–H and O–H groups in total. The van der Waals surface area contributed by atoms with Crippen molar-refractivity contribution < 1.29 is 4.74 Å². The highest BCUT2D eigenvalue weighted by molar-refractivity contribution is 7.15. The lowest BCUT2D eigenvalue weighted by molar-refractivity contribution is 0.362. The van der Waals surface area contributed by atoms with E-state index >= 15 is 0 Å². The van der Waals surface area contributed by atoms with Crippen molar-refractivity contribution in [2.45, 2.75) is 0 Å². The molecule has 0 aliphatic carbocycles. The maximum absolute atomic E-state index is 12.7. The van der Waals surface area contributed by atoms with Gasteiger partial charge in [0.15, 0.2) is 5.82 Å². The van der Waals surface area contributed by atoms with Crippen LogP contribution >= 0.6 is 22.9 Å². The molecule has 0 aliphatic rings. The van der Waals surface area contributed by atoms with Crippen LogP contribution in [0.2, 0.25) is 5.02 Å². The second-order valence-corrected chi connectivity index (χ2v) is 7.55. The average molecular weight is 422 g/mol. The molecule has 0 amide bonds. The summed E-state index contributed by atoms with van der Waals surface area (Å²) in [4.78, 5) is 17.7. The number of thiazole rings is 1. The van der Waals surface area contributed by atoms with Crippen molar-refractivity contribution >= 4 is 46.1 Å². The van der Waals surface area contributed by atoms with E-state index in [-0.39, 0.29) is 5.56 Å². The molecule has 4 aromatic rings. The summed E-state index contributed by atoms with van der Waals surface area (Å²) < 4.78 is 7.52. The van der Waals surface area contributed by atoms with Gasteiger partial charge in [-0.1, -0.05) is 72.0 Å². The van der Waals surface area contributed by atoms with Crippen LogP contribution in [0.15, 0.2) is 66.0 Å². The fourth-order valence-electron chi connectivity index (χ4n) is 2.69. The quantitative estimate of drug-likeness (QED) is 0.440. The Morgan fingerprint density at radius 2 is 1.93 bits per heavy atom. The second kappa shape index (κ2) is 8.43. The summed E-state index contributed by atoms with van der Waals surface area (Å²) >= 11 is 7.18. The topological polar surface area (TPSA) is 56.5 Å². The van der Waals surface area contributed by atoms with Gasteiger partial charge in [-0.05, 0) is 35.9 Å². The Kier molecular flexibility index (Phi) is 5.55. The van der Waals surface area contributed by atoms with Crippen molar-refractivity contribution in [2.75, 3.05) is 6.61 Å². The number of rotatable bonds is 6. The van der Waals surface area contributed by atoms with Gasteiger partial charge in [0.1, 0.15) is 12.4 Å². The van der Waals surface area contributed by atoms with E-state index in [1.807, 2.05) is 54.6 Å². The zero-order valence-electron chi connectivity index (χ0n) is 15.3. The highest BCUT2D eigenvalue weighted by atomic mass is 35.5. The van der Waals surface area contributed by atoms with Gasteiger partial charge < -0.3 is 4.74 Å². The fourth-order valence-corrected chi connectivity index (χ4v) is 3.72. The lowest BCUT2D eigenvalue weighted by atomic mass is 10.2. The molecule has 0 fully saturated rings. The van der Waals surface area contributed by atoms with Crippen LogP contribution in [0.1, 0.15) is 17.0 Å². The highest BCUT2D eigenvalue weighted by Gasteiger charge is 2.09. The van der Waals surface area contributed by atoms with Gasteiger partial charge in [-0.25, -0.2) is 0 Å². The molecule has 7 heteroatoms. The Labute approximate surface area is 175 Å². The Morgan fingerprint density at radius 1 is 1.14 bits per heavy atom. The van der Waals surface area contributed by atoms with Gasteiger partial charge in [0.25, 0.3) is 5.56 Å². The lowest BCUT2D eigenvalue weighted by Crippen LogP contribution is -2.23. The van der Waals surface area contributed by atoms with Gasteiger partial charge in [-0.15, -0.1) is 5.10 Å². The molecule has 2 heterocycles. The maximum atomic E-state index is 12.7. The van der Waals surface area contributed by atoms with Crippen molar-refractivity contribution in [3.8, 4) is 5.75 Å². The number of aromatic nitrogens is 3. The first-order chi connectivity index (χ1) is 14.1. The summed E-state index contributed by atoms with van der Waals surface area (Å²) in [5.41, 5.74) is 1.58. The number of ether oxygens (including phenoxy) is 1. The van der Waals surface area contributed by atoms with Crippen molar-refractivity contribution in [1.29, 1.82) is 0 Å². The number of nitrogens with zero attached hydrogens (tertiary/aromatic N) is 3. The summed E-state index contributed by atoms with van der Waals surface area (Å²) in [5.74, 6) is 1.17. The number of hydrogen-bond acceptors (Lipinski definition) is 5. The molecule has 0 radical (unpaired) electrons. The Hall–Kier alpha value is -3.22. The average Bonchev–Trinajstić information content (AvgIpc) is 3.26. The molecule has 5 nitrogen and oxygen atoms in total. The number of hydrogen-bond donors (Lipinski definition) is 0. The van der Waals surface area contributed by atoms with Crippen molar-refractivity contribution in [3.63, 3.8) is 0 Å². The molecule has 29 heavy (non-hydrogen) atoms. The third-order valence-electron chi connectivity index (χ3n) is 4.06. The van der Waals surface area contributed by atoms with Gasteiger partial charge >= 0.3 is 0 Å². The Balaban J connectivity index is 1.65. The Bertz CT molecular complexity index is 1310. The maximum Gasteiger partial charge on any atom is 0.291 e. The van der Waals surface area contributed by atoms with Crippen molar-refractivity contribution in [2.24, 2.45) is 0 Å². The van der Waals surface area contributed by atoms with Crippen LogP contribution < -0.4 is 14.8 Å². The molecule has 2 aromatic heterocycles. The summed E-state index contributed by atoms with van der Waals surface area (Å²) in [5, 5.41) is 4.98. The van der Waals surface area contributed by atoms with E-state index in [1.165, 1.54) is 15.9 Å². The zero-order chi connectivity index (χ0) is 20.2. The predicted octanol–water partition coefficient (Wildman–Crippen LogP) is 4.09. The second-order valence-electron chi connectivity index (χ2n) is 6.10. The van der Waals surface area contributed by atoms with Gasteiger partial charge in [0.2, 0.25) is 4.96 Å². The normalized spacial score (nSPS) is 12.1. The van der Waals surface area contributed by atoms with Crippen LogP contribution in [0.3, 0.4) is 0 Å². The molecule has 0 unspecified atom stereocenters. The van der Waals surface area contributed by atoms with Crippen LogP contribution in [0.25, 0.3) is 23.2 Å². The summed E-state index contributed by atoms with van der Waals surface area (Å²) in [6, 6.07) is 15.0.